The van der Waals surface area contributed by atoms with Crippen molar-refractivity contribution in [3.63, 3.8) is 0 Å². The highest BCUT2D eigenvalue weighted by atomic mass is 32.2. The van der Waals surface area contributed by atoms with Gasteiger partial charge in [-0.3, -0.25) is 0 Å². The molecule has 0 aromatic rings. The summed E-state index contributed by atoms with van der Waals surface area (Å²) in [6.07, 6.45) is -0.720. The molecule has 6 heteroatoms. The number of aliphatic hydroxyl groups is 1. The Bertz CT molecular complexity index is 132. The molecule has 0 aliphatic rings. The maximum absolute atomic E-state index is 10.4. The molecule has 0 aliphatic carbocycles. The van der Waals surface area contributed by atoms with Crippen LogP contribution < -0.4 is 11.1 Å². The third-order valence-corrected chi connectivity index (χ3v) is 1.79. The van der Waals surface area contributed by atoms with Crippen LogP contribution in [0.4, 0.5) is 4.79 Å². The second-order valence-corrected chi connectivity index (χ2v) is 3.71. The summed E-state index contributed by atoms with van der Waals surface area (Å²) in [7, 11) is 0. The minimum atomic E-state index is -0.720. The first-order valence-electron chi connectivity index (χ1n) is 3.05. The number of thiol groups is 2. The molecule has 66 valence electrons. The van der Waals surface area contributed by atoms with E-state index in [1.807, 2.05) is 0 Å². The van der Waals surface area contributed by atoms with E-state index in [2.05, 4.69) is 30.6 Å². The molecule has 0 saturated heterocycles. The fourth-order valence-electron chi connectivity index (χ4n) is 0.609. The van der Waals surface area contributed by atoms with Crippen LogP contribution in [-0.4, -0.2) is 27.9 Å². The Morgan fingerprint density at radius 2 is 2.09 bits per heavy atom. The lowest BCUT2D eigenvalue weighted by Gasteiger charge is -2.22. The highest BCUT2D eigenvalue weighted by Gasteiger charge is 2.20. The lowest BCUT2D eigenvalue weighted by molar-refractivity contribution is 0.154. The molecule has 4 nitrogen and oxygen atoms in total. The summed E-state index contributed by atoms with van der Waals surface area (Å²) in [4.78, 5) is 10.4. The van der Waals surface area contributed by atoms with Crippen LogP contribution in [0.25, 0.3) is 0 Å². The molecule has 0 aromatic carbocycles. The van der Waals surface area contributed by atoms with Crippen LogP contribution in [0.5, 0.6) is 0 Å². The third-order valence-electron chi connectivity index (χ3n) is 1.15. The molecule has 0 saturated carbocycles. The molecular weight excluding hydrogens is 184 g/mol. The van der Waals surface area contributed by atoms with E-state index >= 15 is 0 Å². The van der Waals surface area contributed by atoms with Crippen LogP contribution in [0.2, 0.25) is 0 Å². The van der Waals surface area contributed by atoms with E-state index in [0.29, 0.717) is 0 Å². The van der Waals surface area contributed by atoms with Crippen LogP contribution in [0.3, 0.4) is 0 Å². The highest BCUT2D eigenvalue weighted by Crippen LogP contribution is 2.09. The van der Waals surface area contributed by atoms with Gasteiger partial charge in [0.2, 0.25) is 0 Å². The zero-order chi connectivity index (χ0) is 9.02. The number of urea groups is 1. The fourth-order valence-corrected chi connectivity index (χ4v) is 1.26. The normalized spacial score (nSPS) is 16.1. The van der Waals surface area contributed by atoms with Crippen molar-refractivity contribution in [3.05, 3.63) is 0 Å². The molecule has 0 fully saturated rings. The van der Waals surface area contributed by atoms with Crippen LogP contribution in [0.15, 0.2) is 0 Å². The second kappa shape index (κ2) is 4.74. The molecule has 0 aliphatic heterocycles. The van der Waals surface area contributed by atoms with Gasteiger partial charge in [-0.1, -0.05) is 0 Å². The van der Waals surface area contributed by atoms with Crippen molar-refractivity contribution in [2.24, 2.45) is 5.73 Å². The molecular formula is C5H12N2O2S2. The number of carbonyl (C=O) groups is 1. The Labute approximate surface area is 76.4 Å². The first-order valence-corrected chi connectivity index (χ1v) is 4.08. The topological polar surface area (TPSA) is 75.3 Å². The molecule has 2 unspecified atom stereocenters. The standard InChI is InChI=1S/C5H12N2O2S2/c1-2(8)3(4(10)11)7-5(6)9/h2-4,8,10-11H,1H3,(H3,6,7,9). The number of primary amides is 1. The molecule has 0 radical (unpaired) electrons. The van der Waals surface area contributed by atoms with Gasteiger partial charge in [-0.15, -0.1) is 0 Å². The number of nitrogens with two attached hydrogens (primary N) is 1. The Kier molecular flexibility index (Phi) is 4.71. The number of amides is 2. The number of hydrogen-bond acceptors (Lipinski definition) is 4. The smallest absolute Gasteiger partial charge is 0.312 e. The maximum Gasteiger partial charge on any atom is 0.312 e. The molecule has 0 aromatic heterocycles. The first-order chi connectivity index (χ1) is 4.95. The van der Waals surface area contributed by atoms with Gasteiger partial charge in [0.1, 0.15) is 0 Å². The van der Waals surface area contributed by atoms with Crippen molar-refractivity contribution in [1.29, 1.82) is 0 Å². The Hall–Kier alpha value is -0.0700. The van der Waals surface area contributed by atoms with Crippen LogP contribution >= 0.6 is 25.3 Å². The third kappa shape index (κ3) is 4.39. The van der Waals surface area contributed by atoms with Gasteiger partial charge in [0.25, 0.3) is 0 Å². The average molecular weight is 196 g/mol. The quantitative estimate of drug-likeness (QED) is 0.314. The van der Waals surface area contributed by atoms with Gasteiger partial charge in [0.15, 0.2) is 0 Å². The van der Waals surface area contributed by atoms with Gasteiger partial charge in [-0.05, 0) is 6.92 Å². The summed E-state index contributed by atoms with van der Waals surface area (Å²) >= 11 is 7.88. The largest absolute Gasteiger partial charge is 0.391 e. The van der Waals surface area contributed by atoms with Gasteiger partial charge < -0.3 is 16.2 Å². The minimum absolute atomic E-state index is 0.428. The molecule has 0 spiro atoms. The number of hydrogen-bond donors (Lipinski definition) is 5. The Morgan fingerprint density at radius 1 is 1.64 bits per heavy atom. The monoisotopic (exact) mass is 196 g/mol. The van der Waals surface area contributed by atoms with E-state index in [1.54, 1.807) is 0 Å². The van der Waals surface area contributed by atoms with Crippen molar-refractivity contribution >= 4 is 31.3 Å². The van der Waals surface area contributed by atoms with Crippen molar-refractivity contribution < 1.29 is 9.90 Å². The highest BCUT2D eigenvalue weighted by molar-refractivity contribution is 7.99. The predicted octanol–water partition coefficient (Wildman–Crippen LogP) is -0.410. The summed E-state index contributed by atoms with van der Waals surface area (Å²) < 4.78 is -0.428. The van der Waals surface area contributed by atoms with Gasteiger partial charge in [-0.25, -0.2) is 4.79 Å². The van der Waals surface area contributed by atoms with Gasteiger partial charge in [0, 0.05) is 0 Å². The number of aliphatic hydroxyl groups excluding tert-OH is 1. The van der Waals surface area contributed by atoms with E-state index in [-0.39, 0.29) is 0 Å². The Morgan fingerprint density at radius 3 is 2.18 bits per heavy atom. The minimum Gasteiger partial charge on any atom is -0.391 e. The van der Waals surface area contributed by atoms with Gasteiger partial charge >= 0.3 is 6.03 Å². The summed E-state index contributed by atoms with van der Waals surface area (Å²) in [6.45, 7) is 1.53. The van der Waals surface area contributed by atoms with Crippen LogP contribution in [-0.2, 0) is 0 Å². The van der Waals surface area contributed by atoms with E-state index in [4.69, 9.17) is 10.8 Å². The van der Waals surface area contributed by atoms with Crippen molar-refractivity contribution in [3.8, 4) is 0 Å². The number of carbonyl (C=O) groups excluding carboxylic acids is 1. The van der Waals surface area contributed by atoms with E-state index in [9.17, 15) is 4.79 Å². The average Bonchev–Trinajstić information content (AvgIpc) is 1.81. The molecule has 2 atom stereocenters. The fraction of sp³-hybridized carbons (Fsp3) is 0.800. The van der Waals surface area contributed by atoms with Crippen molar-refractivity contribution in [2.75, 3.05) is 0 Å². The predicted molar refractivity (Wildman–Crippen MR) is 49.9 cm³/mol. The molecule has 0 rings (SSSR count). The SMILES string of the molecule is CC(O)C(NC(N)=O)C(S)S. The summed E-state index contributed by atoms with van der Waals surface area (Å²) in [6, 6.07) is -1.22. The lowest BCUT2D eigenvalue weighted by atomic mass is 10.2. The second-order valence-electron chi connectivity index (χ2n) is 2.19. The van der Waals surface area contributed by atoms with Gasteiger partial charge in [-0.2, -0.15) is 25.3 Å². The molecule has 4 N–H and O–H groups in total. The molecule has 0 heterocycles. The Balaban J connectivity index is 4.00. The number of nitrogens with one attached hydrogen (secondary N) is 1. The maximum atomic E-state index is 10.4. The van der Waals surface area contributed by atoms with E-state index in [1.165, 1.54) is 6.92 Å². The van der Waals surface area contributed by atoms with Crippen LogP contribution in [0, 0.1) is 0 Å². The lowest BCUT2D eigenvalue weighted by Crippen LogP contribution is -2.48. The first kappa shape index (κ1) is 10.9. The zero-order valence-electron chi connectivity index (χ0n) is 6.06. The molecule has 11 heavy (non-hydrogen) atoms. The van der Waals surface area contributed by atoms with Gasteiger partial charge in [0.05, 0.1) is 16.7 Å². The molecule has 2 amide bonds. The van der Waals surface area contributed by atoms with E-state index in [0.717, 1.165) is 0 Å². The van der Waals surface area contributed by atoms with Crippen molar-refractivity contribution in [2.45, 2.75) is 23.7 Å². The molecule has 0 bridgehead atoms. The number of rotatable bonds is 3. The summed E-state index contributed by atoms with van der Waals surface area (Å²) in [5, 5.41) is 11.4. The zero-order valence-corrected chi connectivity index (χ0v) is 7.85. The summed E-state index contributed by atoms with van der Waals surface area (Å²) in [5.41, 5.74) is 4.84. The summed E-state index contributed by atoms with van der Waals surface area (Å²) in [5.74, 6) is 0. The van der Waals surface area contributed by atoms with Crippen LogP contribution in [0.1, 0.15) is 6.92 Å². The van der Waals surface area contributed by atoms with E-state index < -0.39 is 22.8 Å². The van der Waals surface area contributed by atoms with Crippen molar-refractivity contribution in [1.82, 2.24) is 5.32 Å².